The van der Waals surface area contributed by atoms with Crippen LogP contribution in [0.5, 0.6) is 0 Å². The first-order valence-corrected chi connectivity index (χ1v) is 8.33. The zero-order chi connectivity index (χ0) is 15.7. The van der Waals surface area contributed by atoms with Crippen LogP contribution >= 0.6 is 11.3 Å². The van der Waals surface area contributed by atoms with Crippen molar-refractivity contribution in [3.05, 3.63) is 21.4 Å². The summed E-state index contributed by atoms with van der Waals surface area (Å²) in [4.78, 5) is 28.9. The highest BCUT2D eigenvalue weighted by molar-refractivity contribution is 7.12. The van der Waals surface area contributed by atoms with Gasteiger partial charge in [0, 0.05) is 9.75 Å². The number of rotatable bonds is 4. The number of hydrogen-bond acceptors (Lipinski definition) is 3. The standard InChI is InChI=1S/C16H24N2O2S/c1-6-9(2)15-16(20)18(8-14(19)17-15)11(4)13-7-10(3)21-12(13)5/h7,9,11,15H,6,8H2,1-5H3,(H,17,19). The smallest absolute Gasteiger partial charge is 0.246 e. The number of aryl methyl sites for hydroxylation is 2. The zero-order valence-electron chi connectivity index (χ0n) is 13.4. The number of carbonyl (C=O) groups excluding carboxylic acids is 2. The molecule has 1 aromatic rings. The molecule has 0 bridgehead atoms. The van der Waals surface area contributed by atoms with Crippen LogP contribution in [0.3, 0.4) is 0 Å². The van der Waals surface area contributed by atoms with Crippen LogP contribution in [0.1, 0.15) is 48.6 Å². The van der Waals surface area contributed by atoms with Gasteiger partial charge in [0.1, 0.15) is 12.6 Å². The highest BCUT2D eigenvalue weighted by atomic mass is 32.1. The van der Waals surface area contributed by atoms with E-state index in [2.05, 4.69) is 25.2 Å². The van der Waals surface area contributed by atoms with Crippen LogP contribution in [0.4, 0.5) is 0 Å². The predicted molar refractivity (Wildman–Crippen MR) is 85.3 cm³/mol. The lowest BCUT2D eigenvalue weighted by Gasteiger charge is -2.38. The molecule has 2 heterocycles. The van der Waals surface area contributed by atoms with E-state index >= 15 is 0 Å². The molecule has 0 aromatic carbocycles. The fourth-order valence-electron chi connectivity index (χ4n) is 2.87. The Morgan fingerprint density at radius 3 is 2.57 bits per heavy atom. The third-order valence-electron chi connectivity index (χ3n) is 4.39. The third-order valence-corrected chi connectivity index (χ3v) is 5.37. The Morgan fingerprint density at radius 2 is 2.05 bits per heavy atom. The van der Waals surface area contributed by atoms with Crippen LogP contribution in [0.25, 0.3) is 0 Å². The van der Waals surface area contributed by atoms with Gasteiger partial charge in [-0.15, -0.1) is 11.3 Å². The molecule has 0 saturated carbocycles. The van der Waals surface area contributed by atoms with Crippen LogP contribution in [0.15, 0.2) is 6.07 Å². The second-order valence-electron chi connectivity index (χ2n) is 5.94. The first-order valence-electron chi connectivity index (χ1n) is 7.51. The Kier molecular flexibility index (Phi) is 4.71. The molecule has 5 heteroatoms. The van der Waals surface area contributed by atoms with Crippen molar-refractivity contribution in [2.45, 2.75) is 53.1 Å². The molecule has 2 amide bonds. The molecule has 0 radical (unpaired) electrons. The molecule has 3 unspecified atom stereocenters. The van der Waals surface area contributed by atoms with Crippen molar-refractivity contribution in [1.29, 1.82) is 0 Å². The van der Waals surface area contributed by atoms with E-state index in [9.17, 15) is 9.59 Å². The third kappa shape index (κ3) is 3.12. The Morgan fingerprint density at radius 1 is 1.38 bits per heavy atom. The molecule has 1 saturated heterocycles. The Hall–Kier alpha value is -1.36. The van der Waals surface area contributed by atoms with Crippen molar-refractivity contribution in [2.24, 2.45) is 5.92 Å². The summed E-state index contributed by atoms with van der Waals surface area (Å²) in [5.74, 6) is 0.137. The molecule has 1 N–H and O–H groups in total. The molecule has 2 rings (SSSR count). The van der Waals surface area contributed by atoms with Gasteiger partial charge in [-0.1, -0.05) is 20.3 Å². The lowest BCUT2D eigenvalue weighted by atomic mass is 9.94. The van der Waals surface area contributed by atoms with Crippen molar-refractivity contribution in [3.8, 4) is 0 Å². The first kappa shape index (κ1) is 16.0. The van der Waals surface area contributed by atoms with Gasteiger partial charge in [-0.3, -0.25) is 9.59 Å². The average Bonchev–Trinajstić information content (AvgIpc) is 2.78. The molecule has 116 valence electrons. The summed E-state index contributed by atoms with van der Waals surface area (Å²) < 4.78 is 0. The van der Waals surface area contributed by atoms with E-state index in [1.54, 1.807) is 16.2 Å². The second-order valence-corrected chi connectivity index (χ2v) is 7.40. The highest BCUT2D eigenvalue weighted by Gasteiger charge is 2.38. The maximum atomic E-state index is 12.7. The van der Waals surface area contributed by atoms with Gasteiger partial charge in [-0.05, 0) is 38.3 Å². The Bertz CT molecular complexity index is 552. The molecule has 3 atom stereocenters. The predicted octanol–water partition coefficient (Wildman–Crippen LogP) is 2.80. The van der Waals surface area contributed by atoms with Gasteiger partial charge in [-0.25, -0.2) is 0 Å². The quantitative estimate of drug-likeness (QED) is 0.930. The summed E-state index contributed by atoms with van der Waals surface area (Å²) >= 11 is 1.74. The maximum Gasteiger partial charge on any atom is 0.246 e. The summed E-state index contributed by atoms with van der Waals surface area (Å²) in [5.41, 5.74) is 1.16. The monoisotopic (exact) mass is 308 g/mol. The number of nitrogens with one attached hydrogen (secondary N) is 1. The van der Waals surface area contributed by atoms with Crippen molar-refractivity contribution in [1.82, 2.24) is 10.2 Å². The molecule has 1 aliphatic heterocycles. The van der Waals surface area contributed by atoms with E-state index in [-0.39, 0.29) is 30.3 Å². The van der Waals surface area contributed by atoms with E-state index in [0.717, 1.165) is 12.0 Å². The fourth-order valence-corrected chi connectivity index (χ4v) is 3.89. The van der Waals surface area contributed by atoms with Crippen molar-refractivity contribution >= 4 is 23.2 Å². The molecule has 4 nitrogen and oxygen atoms in total. The molecule has 1 fully saturated rings. The van der Waals surface area contributed by atoms with Gasteiger partial charge in [0.15, 0.2) is 0 Å². The van der Waals surface area contributed by atoms with Gasteiger partial charge >= 0.3 is 0 Å². The van der Waals surface area contributed by atoms with Gasteiger partial charge in [0.2, 0.25) is 11.8 Å². The topological polar surface area (TPSA) is 49.4 Å². The summed E-state index contributed by atoms with van der Waals surface area (Å²) in [6.45, 7) is 10.4. The van der Waals surface area contributed by atoms with Crippen molar-refractivity contribution in [3.63, 3.8) is 0 Å². The molecule has 1 aromatic heterocycles. The first-order chi connectivity index (χ1) is 9.85. The summed E-state index contributed by atoms with van der Waals surface area (Å²) in [7, 11) is 0. The molecular weight excluding hydrogens is 284 g/mol. The minimum absolute atomic E-state index is 0.0414. The van der Waals surface area contributed by atoms with Crippen LogP contribution in [0, 0.1) is 19.8 Å². The number of hydrogen-bond donors (Lipinski definition) is 1. The van der Waals surface area contributed by atoms with Gasteiger partial charge in [0.05, 0.1) is 6.04 Å². The van der Waals surface area contributed by atoms with Gasteiger partial charge < -0.3 is 10.2 Å². The molecule has 21 heavy (non-hydrogen) atoms. The number of thiophene rings is 1. The minimum Gasteiger partial charge on any atom is -0.342 e. The summed E-state index contributed by atoms with van der Waals surface area (Å²) in [5, 5.41) is 2.85. The lowest BCUT2D eigenvalue weighted by Crippen LogP contribution is -2.60. The van der Waals surface area contributed by atoms with E-state index in [4.69, 9.17) is 0 Å². The van der Waals surface area contributed by atoms with Crippen molar-refractivity contribution < 1.29 is 9.59 Å². The van der Waals surface area contributed by atoms with E-state index < -0.39 is 6.04 Å². The number of amides is 2. The fraction of sp³-hybridized carbons (Fsp3) is 0.625. The molecular formula is C16H24N2O2S. The maximum absolute atomic E-state index is 12.7. The zero-order valence-corrected chi connectivity index (χ0v) is 14.2. The number of carbonyl (C=O) groups is 2. The molecule has 0 aliphatic carbocycles. The van der Waals surface area contributed by atoms with Crippen LogP contribution < -0.4 is 5.32 Å². The van der Waals surface area contributed by atoms with Crippen LogP contribution in [-0.4, -0.2) is 29.3 Å². The SMILES string of the molecule is CCC(C)C1NC(=O)CN(C(C)c2cc(C)sc2C)C1=O. The number of nitrogens with zero attached hydrogens (tertiary/aromatic N) is 1. The summed E-state index contributed by atoms with van der Waals surface area (Å²) in [6.07, 6.45) is 0.871. The summed E-state index contributed by atoms with van der Waals surface area (Å²) in [6, 6.07) is 1.68. The largest absolute Gasteiger partial charge is 0.342 e. The van der Waals surface area contributed by atoms with Crippen molar-refractivity contribution in [2.75, 3.05) is 6.54 Å². The Labute approximate surface area is 130 Å². The average molecular weight is 308 g/mol. The normalized spacial score (nSPS) is 22.1. The number of piperazine rings is 1. The molecule has 0 spiro atoms. The highest BCUT2D eigenvalue weighted by Crippen LogP contribution is 2.31. The van der Waals surface area contributed by atoms with Crippen LogP contribution in [0.2, 0.25) is 0 Å². The van der Waals surface area contributed by atoms with E-state index in [1.807, 2.05) is 20.8 Å². The lowest BCUT2D eigenvalue weighted by molar-refractivity contribution is -0.148. The second kappa shape index (κ2) is 6.18. The van der Waals surface area contributed by atoms with Gasteiger partial charge in [-0.2, -0.15) is 0 Å². The van der Waals surface area contributed by atoms with E-state index in [1.165, 1.54) is 9.75 Å². The van der Waals surface area contributed by atoms with Crippen LogP contribution in [-0.2, 0) is 9.59 Å². The van der Waals surface area contributed by atoms with Gasteiger partial charge in [0.25, 0.3) is 0 Å². The Balaban J connectivity index is 2.27. The minimum atomic E-state index is -0.390. The van der Waals surface area contributed by atoms with E-state index in [0.29, 0.717) is 0 Å². The molecule has 1 aliphatic rings.